The van der Waals surface area contributed by atoms with Crippen LogP contribution >= 0.6 is 0 Å². The minimum absolute atomic E-state index is 0.678. The molecule has 0 bridgehead atoms. The minimum atomic E-state index is 0.678. The zero-order valence-electron chi connectivity index (χ0n) is 8.89. The smallest absolute Gasteiger partial charge is 0.127 e. The van der Waals surface area contributed by atoms with Crippen LogP contribution in [0.2, 0.25) is 0 Å². The predicted molar refractivity (Wildman–Crippen MR) is 66.4 cm³/mol. The molecule has 0 N–H and O–H groups in total. The van der Waals surface area contributed by atoms with E-state index in [-0.39, 0.29) is 0 Å². The maximum atomic E-state index is 5.53. The van der Waals surface area contributed by atoms with E-state index >= 15 is 0 Å². The predicted octanol–water partition coefficient (Wildman–Crippen LogP) is 3.76. The van der Waals surface area contributed by atoms with Crippen LogP contribution in [0.3, 0.4) is 0 Å². The molecule has 2 aromatic rings. The van der Waals surface area contributed by atoms with E-state index in [2.05, 4.69) is 42.5 Å². The van der Waals surface area contributed by atoms with Gasteiger partial charge in [0.05, 0.1) is 0 Å². The van der Waals surface area contributed by atoms with Gasteiger partial charge in [0.1, 0.15) is 12.4 Å². The highest BCUT2D eigenvalue weighted by Crippen LogP contribution is 2.29. The highest BCUT2D eigenvalue weighted by Gasteiger charge is 2.06. The lowest BCUT2D eigenvalue weighted by Crippen LogP contribution is -1.99. The van der Waals surface area contributed by atoms with Crippen molar-refractivity contribution in [2.75, 3.05) is 6.61 Å². The summed E-state index contributed by atoms with van der Waals surface area (Å²) in [6, 6.07) is 16.7. The van der Waals surface area contributed by atoms with Gasteiger partial charge < -0.3 is 4.74 Å². The second-order valence-electron chi connectivity index (χ2n) is 3.83. The van der Waals surface area contributed by atoms with Crippen LogP contribution in [0, 0.1) is 0 Å². The Hall–Kier alpha value is -2.02. The van der Waals surface area contributed by atoms with E-state index in [4.69, 9.17) is 4.74 Å². The minimum Gasteiger partial charge on any atom is -0.489 e. The van der Waals surface area contributed by atoms with Crippen LogP contribution in [0.15, 0.2) is 54.6 Å². The quantitative estimate of drug-likeness (QED) is 0.693. The molecule has 16 heavy (non-hydrogen) atoms. The fourth-order valence-electron chi connectivity index (χ4n) is 1.93. The molecule has 1 nitrogen and oxygen atoms in total. The number of ether oxygens (including phenoxy) is 1. The summed E-state index contributed by atoms with van der Waals surface area (Å²) in [4.78, 5) is 0. The van der Waals surface area contributed by atoms with Crippen molar-refractivity contribution in [1.82, 2.24) is 0 Å². The summed E-state index contributed by atoms with van der Waals surface area (Å²) in [5, 5.41) is 0. The van der Waals surface area contributed by atoms with E-state index in [1.807, 2.05) is 18.2 Å². The van der Waals surface area contributed by atoms with Crippen LogP contribution in [0.25, 0.3) is 17.2 Å². The third-order valence-corrected chi connectivity index (χ3v) is 2.75. The molecule has 78 valence electrons. The standard InChI is InChI=1S/C15H12O/c1-2-5-12(6-3-1)13-8-9-15-14(11-13)7-4-10-16-15/h1-9,11H,10H2. The molecule has 2 aromatic carbocycles. The third kappa shape index (κ3) is 1.61. The molecular formula is C15H12O. The Balaban J connectivity index is 2.08. The average Bonchev–Trinajstić information content (AvgIpc) is 2.39. The second-order valence-corrected chi connectivity index (χ2v) is 3.83. The molecule has 0 atom stereocenters. The maximum Gasteiger partial charge on any atom is 0.127 e. The summed E-state index contributed by atoms with van der Waals surface area (Å²) in [6.45, 7) is 0.678. The normalized spacial score (nSPS) is 13.0. The first kappa shape index (κ1) is 9.22. The molecule has 0 fully saturated rings. The van der Waals surface area contributed by atoms with Crippen molar-refractivity contribution in [3.8, 4) is 16.9 Å². The van der Waals surface area contributed by atoms with Crippen LogP contribution in [0.1, 0.15) is 5.56 Å². The van der Waals surface area contributed by atoms with Crippen molar-refractivity contribution in [2.45, 2.75) is 0 Å². The molecule has 0 amide bonds. The van der Waals surface area contributed by atoms with E-state index in [9.17, 15) is 0 Å². The van der Waals surface area contributed by atoms with E-state index in [1.165, 1.54) is 11.1 Å². The van der Waals surface area contributed by atoms with Gasteiger partial charge in [0.15, 0.2) is 0 Å². The Kier molecular flexibility index (Phi) is 2.22. The molecule has 1 heterocycles. The topological polar surface area (TPSA) is 9.23 Å². The van der Waals surface area contributed by atoms with Gasteiger partial charge in [-0.1, -0.05) is 42.5 Å². The number of hydrogen-bond donors (Lipinski definition) is 0. The number of benzene rings is 2. The highest BCUT2D eigenvalue weighted by molar-refractivity contribution is 5.71. The fraction of sp³-hybridized carbons (Fsp3) is 0.0667. The Morgan fingerprint density at radius 1 is 0.875 bits per heavy atom. The molecule has 0 saturated heterocycles. The molecule has 1 aliphatic rings. The van der Waals surface area contributed by atoms with Crippen molar-refractivity contribution in [2.24, 2.45) is 0 Å². The van der Waals surface area contributed by atoms with Crippen LogP contribution in [0.5, 0.6) is 5.75 Å². The molecule has 0 radical (unpaired) electrons. The van der Waals surface area contributed by atoms with E-state index in [0.717, 1.165) is 11.3 Å². The van der Waals surface area contributed by atoms with Crippen LogP contribution in [-0.2, 0) is 0 Å². The van der Waals surface area contributed by atoms with E-state index in [0.29, 0.717) is 6.61 Å². The Labute approximate surface area is 95.0 Å². The van der Waals surface area contributed by atoms with Gasteiger partial charge in [-0.3, -0.25) is 0 Å². The van der Waals surface area contributed by atoms with Crippen molar-refractivity contribution in [1.29, 1.82) is 0 Å². The lowest BCUT2D eigenvalue weighted by atomic mass is 10.0. The first-order valence-corrected chi connectivity index (χ1v) is 5.42. The zero-order valence-corrected chi connectivity index (χ0v) is 8.89. The van der Waals surface area contributed by atoms with E-state index in [1.54, 1.807) is 0 Å². The summed E-state index contributed by atoms with van der Waals surface area (Å²) in [5.41, 5.74) is 3.63. The molecule has 0 saturated carbocycles. The molecule has 3 rings (SSSR count). The summed E-state index contributed by atoms with van der Waals surface area (Å²) >= 11 is 0. The maximum absolute atomic E-state index is 5.53. The Morgan fingerprint density at radius 2 is 1.75 bits per heavy atom. The van der Waals surface area contributed by atoms with Crippen molar-refractivity contribution >= 4 is 6.08 Å². The molecule has 0 spiro atoms. The van der Waals surface area contributed by atoms with Crippen LogP contribution < -0.4 is 4.74 Å². The van der Waals surface area contributed by atoms with Crippen molar-refractivity contribution in [3.05, 3.63) is 60.2 Å². The van der Waals surface area contributed by atoms with Gasteiger partial charge in [0.2, 0.25) is 0 Å². The highest BCUT2D eigenvalue weighted by atomic mass is 16.5. The van der Waals surface area contributed by atoms with Gasteiger partial charge in [-0.05, 0) is 29.3 Å². The average molecular weight is 208 g/mol. The molecule has 0 aromatic heterocycles. The van der Waals surface area contributed by atoms with Gasteiger partial charge in [0, 0.05) is 5.56 Å². The molecule has 0 unspecified atom stereocenters. The Morgan fingerprint density at radius 3 is 2.62 bits per heavy atom. The summed E-state index contributed by atoms with van der Waals surface area (Å²) in [6.07, 6.45) is 4.16. The molecule has 1 heteroatoms. The summed E-state index contributed by atoms with van der Waals surface area (Å²) < 4.78 is 5.53. The number of hydrogen-bond acceptors (Lipinski definition) is 1. The van der Waals surface area contributed by atoms with Gasteiger partial charge in [-0.15, -0.1) is 0 Å². The summed E-state index contributed by atoms with van der Waals surface area (Å²) in [7, 11) is 0. The largest absolute Gasteiger partial charge is 0.489 e. The molecular weight excluding hydrogens is 196 g/mol. The fourth-order valence-corrected chi connectivity index (χ4v) is 1.93. The van der Waals surface area contributed by atoms with Crippen molar-refractivity contribution < 1.29 is 4.74 Å². The number of rotatable bonds is 1. The lowest BCUT2D eigenvalue weighted by Gasteiger charge is -2.13. The van der Waals surface area contributed by atoms with Crippen LogP contribution in [-0.4, -0.2) is 6.61 Å². The lowest BCUT2D eigenvalue weighted by molar-refractivity contribution is 0.358. The monoisotopic (exact) mass is 208 g/mol. The van der Waals surface area contributed by atoms with Gasteiger partial charge in [-0.25, -0.2) is 0 Å². The SMILES string of the molecule is C1=Cc2cc(-c3ccccc3)ccc2OC1. The van der Waals surface area contributed by atoms with Crippen LogP contribution in [0.4, 0.5) is 0 Å². The van der Waals surface area contributed by atoms with Gasteiger partial charge >= 0.3 is 0 Å². The van der Waals surface area contributed by atoms with Crippen molar-refractivity contribution in [3.63, 3.8) is 0 Å². The summed E-state index contributed by atoms with van der Waals surface area (Å²) in [5.74, 6) is 0.974. The number of fused-ring (bicyclic) bond motifs is 1. The zero-order chi connectivity index (χ0) is 10.8. The Bertz CT molecular complexity index is 526. The first-order valence-electron chi connectivity index (χ1n) is 5.42. The molecule has 0 aliphatic carbocycles. The third-order valence-electron chi connectivity index (χ3n) is 2.75. The molecule has 1 aliphatic heterocycles. The first-order chi connectivity index (χ1) is 7.93. The second kappa shape index (κ2) is 3.86. The van der Waals surface area contributed by atoms with E-state index < -0.39 is 0 Å². The van der Waals surface area contributed by atoms with Gasteiger partial charge in [-0.2, -0.15) is 0 Å². The van der Waals surface area contributed by atoms with Gasteiger partial charge in [0.25, 0.3) is 0 Å².